The number of hydrogen-bond acceptors (Lipinski definition) is 3. The third-order valence-corrected chi connectivity index (χ3v) is 1.93. The van der Waals surface area contributed by atoms with Gasteiger partial charge in [0, 0.05) is 30.7 Å². The lowest BCUT2D eigenvalue weighted by atomic mass is 10.2. The van der Waals surface area contributed by atoms with Gasteiger partial charge in [0.05, 0.1) is 11.8 Å². The lowest BCUT2D eigenvalue weighted by Gasteiger charge is -2.02. The Bertz CT molecular complexity index is 424. The Labute approximate surface area is 86.5 Å². The maximum absolute atomic E-state index is 11.6. The minimum atomic E-state index is -0.135. The zero-order valence-corrected chi connectivity index (χ0v) is 7.97. The summed E-state index contributed by atoms with van der Waals surface area (Å²) in [6.45, 7) is 0.463. The molecule has 0 aliphatic rings. The maximum Gasteiger partial charge on any atom is 0.253 e. The molecule has 0 atom stereocenters. The summed E-state index contributed by atoms with van der Waals surface area (Å²) < 4.78 is 0. The highest BCUT2D eigenvalue weighted by Gasteiger charge is 2.04. The minimum absolute atomic E-state index is 0.135. The quantitative estimate of drug-likeness (QED) is 0.771. The van der Waals surface area contributed by atoms with E-state index >= 15 is 0 Å². The standard InChI is InChI=1S/C10H10N4O/c15-10(9-2-1-3-11-7-9)12-4-8-5-13-14-6-8/h1-3,5-7H,4H2,(H,12,15)(H,13,14). The van der Waals surface area contributed by atoms with Crippen LogP contribution in [0, 0.1) is 0 Å². The normalized spacial score (nSPS) is 9.87. The second-order valence-corrected chi connectivity index (χ2v) is 3.03. The number of nitrogens with one attached hydrogen (secondary N) is 2. The van der Waals surface area contributed by atoms with E-state index < -0.39 is 0 Å². The second-order valence-electron chi connectivity index (χ2n) is 3.03. The minimum Gasteiger partial charge on any atom is -0.348 e. The van der Waals surface area contributed by atoms with Crippen molar-refractivity contribution in [3.05, 3.63) is 48.0 Å². The highest BCUT2D eigenvalue weighted by atomic mass is 16.1. The van der Waals surface area contributed by atoms with E-state index in [0.29, 0.717) is 12.1 Å². The van der Waals surface area contributed by atoms with Crippen LogP contribution in [0.1, 0.15) is 15.9 Å². The van der Waals surface area contributed by atoms with Crippen molar-refractivity contribution in [2.75, 3.05) is 0 Å². The summed E-state index contributed by atoms with van der Waals surface area (Å²) in [4.78, 5) is 15.4. The summed E-state index contributed by atoms with van der Waals surface area (Å²) in [5.74, 6) is -0.135. The first-order chi connectivity index (χ1) is 7.36. The molecule has 0 saturated carbocycles. The van der Waals surface area contributed by atoms with Crippen LogP contribution in [0.25, 0.3) is 0 Å². The van der Waals surface area contributed by atoms with Crippen LogP contribution in [0.2, 0.25) is 0 Å². The zero-order valence-electron chi connectivity index (χ0n) is 7.97. The van der Waals surface area contributed by atoms with Crippen LogP contribution in [0.5, 0.6) is 0 Å². The molecule has 1 amide bonds. The lowest BCUT2D eigenvalue weighted by molar-refractivity contribution is 0.0950. The molecule has 0 aliphatic carbocycles. The van der Waals surface area contributed by atoms with Crippen molar-refractivity contribution in [1.29, 1.82) is 0 Å². The Hall–Kier alpha value is -2.17. The first kappa shape index (κ1) is 9.39. The summed E-state index contributed by atoms with van der Waals surface area (Å²) in [6.07, 6.45) is 6.57. The molecule has 0 bridgehead atoms. The van der Waals surface area contributed by atoms with Crippen molar-refractivity contribution in [3.63, 3.8) is 0 Å². The van der Waals surface area contributed by atoms with Gasteiger partial charge in [0.1, 0.15) is 0 Å². The fourth-order valence-corrected chi connectivity index (χ4v) is 1.16. The van der Waals surface area contributed by atoms with Crippen molar-refractivity contribution < 1.29 is 4.79 Å². The van der Waals surface area contributed by atoms with E-state index in [-0.39, 0.29) is 5.91 Å². The van der Waals surface area contributed by atoms with E-state index in [0.717, 1.165) is 5.56 Å². The number of carbonyl (C=O) groups is 1. The van der Waals surface area contributed by atoms with Gasteiger partial charge in [0.15, 0.2) is 0 Å². The first-order valence-electron chi connectivity index (χ1n) is 4.52. The average Bonchev–Trinajstić information content (AvgIpc) is 2.80. The number of H-pyrrole nitrogens is 1. The summed E-state index contributed by atoms with van der Waals surface area (Å²) >= 11 is 0. The van der Waals surface area contributed by atoms with Crippen LogP contribution in [0.15, 0.2) is 36.9 Å². The van der Waals surface area contributed by atoms with Gasteiger partial charge in [-0.1, -0.05) is 0 Å². The Morgan fingerprint density at radius 1 is 1.47 bits per heavy atom. The molecule has 76 valence electrons. The molecule has 0 fully saturated rings. The van der Waals surface area contributed by atoms with E-state index in [2.05, 4.69) is 20.5 Å². The van der Waals surface area contributed by atoms with Crippen LogP contribution < -0.4 is 5.32 Å². The van der Waals surface area contributed by atoms with Crippen molar-refractivity contribution in [1.82, 2.24) is 20.5 Å². The fourth-order valence-electron chi connectivity index (χ4n) is 1.16. The topological polar surface area (TPSA) is 70.7 Å². The number of nitrogens with zero attached hydrogens (tertiary/aromatic N) is 2. The van der Waals surface area contributed by atoms with Crippen LogP contribution >= 0.6 is 0 Å². The Kier molecular flexibility index (Phi) is 2.73. The Morgan fingerprint density at radius 3 is 3.07 bits per heavy atom. The summed E-state index contributed by atoms with van der Waals surface area (Å²) in [6, 6.07) is 3.45. The summed E-state index contributed by atoms with van der Waals surface area (Å²) in [5.41, 5.74) is 1.49. The molecule has 0 radical (unpaired) electrons. The zero-order chi connectivity index (χ0) is 10.5. The Morgan fingerprint density at radius 2 is 2.40 bits per heavy atom. The molecule has 0 unspecified atom stereocenters. The predicted octanol–water partition coefficient (Wildman–Crippen LogP) is 0.735. The molecule has 0 spiro atoms. The van der Waals surface area contributed by atoms with E-state index in [1.165, 1.54) is 6.20 Å². The van der Waals surface area contributed by atoms with Crippen molar-refractivity contribution in [2.24, 2.45) is 0 Å². The molecule has 0 aromatic carbocycles. The average molecular weight is 202 g/mol. The molecular formula is C10H10N4O. The third kappa shape index (κ3) is 2.40. The monoisotopic (exact) mass is 202 g/mol. The molecule has 2 N–H and O–H groups in total. The first-order valence-corrected chi connectivity index (χ1v) is 4.52. The predicted molar refractivity (Wildman–Crippen MR) is 54.0 cm³/mol. The molecule has 5 heteroatoms. The van der Waals surface area contributed by atoms with Gasteiger partial charge in [-0.3, -0.25) is 14.9 Å². The number of amides is 1. The second kappa shape index (κ2) is 4.36. The molecule has 5 nitrogen and oxygen atoms in total. The van der Waals surface area contributed by atoms with Crippen LogP contribution in [0.3, 0.4) is 0 Å². The summed E-state index contributed by atoms with van der Waals surface area (Å²) in [5, 5.41) is 9.23. The smallest absolute Gasteiger partial charge is 0.253 e. The van der Waals surface area contributed by atoms with Gasteiger partial charge in [-0.25, -0.2) is 0 Å². The van der Waals surface area contributed by atoms with E-state index in [1.807, 2.05) is 0 Å². The van der Waals surface area contributed by atoms with Crippen molar-refractivity contribution >= 4 is 5.91 Å². The number of carbonyl (C=O) groups excluding carboxylic acids is 1. The number of aromatic amines is 1. The van der Waals surface area contributed by atoms with Crippen LogP contribution in [-0.2, 0) is 6.54 Å². The fraction of sp³-hybridized carbons (Fsp3) is 0.100. The van der Waals surface area contributed by atoms with Gasteiger partial charge in [-0.05, 0) is 12.1 Å². The molecule has 2 heterocycles. The highest BCUT2D eigenvalue weighted by molar-refractivity contribution is 5.93. The summed E-state index contributed by atoms with van der Waals surface area (Å²) in [7, 11) is 0. The molecule has 0 aliphatic heterocycles. The number of rotatable bonds is 3. The van der Waals surface area contributed by atoms with E-state index in [4.69, 9.17) is 0 Å². The van der Waals surface area contributed by atoms with Gasteiger partial charge >= 0.3 is 0 Å². The van der Waals surface area contributed by atoms with Gasteiger partial charge < -0.3 is 5.32 Å². The Balaban J connectivity index is 1.94. The molecule has 2 rings (SSSR count). The molecule has 2 aromatic rings. The number of aromatic nitrogens is 3. The number of pyridine rings is 1. The number of hydrogen-bond donors (Lipinski definition) is 2. The SMILES string of the molecule is O=C(NCc1cn[nH]c1)c1cccnc1. The van der Waals surface area contributed by atoms with Gasteiger partial charge in [-0.2, -0.15) is 5.10 Å². The highest BCUT2D eigenvalue weighted by Crippen LogP contribution is 1.97. The molecule has 15 heavy (non-hydrogen) atoms. The third-order valence-electron chi connectivity index (χ3n) is 1.93. The van der Waals surface area contributed by atoms with Crippen molar-refractivity contribution in [3.8, 4) is 0 Å². The van der Waals surface area contributed by atoms with Crippen LogP contribution in [-0.4, -0.2) is 21.1 Å². The van der Waals surface area contributed by atoms with Crippen molar-refractivity contribution in [2.45, 2.75) is 6.54 Å². The van der Waals surface area contributed by atoms with Crippen LogP contribution in [0.4, 0.5) is 0 Å². The largest absolute Gasteiger partial charge is 0.348 e. The lowest BCUT2D eigenvalue weighted by Crippen LogP contribution is -2.22. The van der Waals surface area contributed by atoms with E-state index in [1.54, 1.807) is 30.7 Å². The van der Waals surface area contributed by atoms with E-state index in [9.17, 15) is 4.79 Å². The van der Waals surface area contributed by atoms with Gasteiger partial charge in [0.2, 0.25) is 0 Å². The molecule has 0 saturated heterocycles. The molecule has 2 aromatic heterocycles. The maximum atomic E-state index is 11.6. The van der Waals surface area contributed by atoms with Gasteiger partial charge in [-0.15, -0.1) is 0 Å². The van der Waals surface area contributed by atoms with Gasteiger partial charge in [0.25, 0.3) is 5.91 Å². The molecular weight excluding hydrogens is 192 g/mol.